The fraction of sp³-hybridized carbons (Fsp3) is 0.714. The molecule has 1 aliphatic rings. The Morgan fingerprint density at radius 1 is 1.63 bits per heavy atom. The van der Waals surface area contributed by atoms with Gasteiger partial charge in [0.2, 0.25) is 0 Å². The molecular weight excluding hydrogens is 244 g/mol. The minimum atomic E-state index is -0.173. The first-order valence-corrected chi connectivity index (χ1v) is 6.87. The van der Waals surface area contributed by atoms with Crippen LogP contribution in [-0.2, 0) is 4.74 Å². The molecule has 0 aromatic carbocycles. The molecule has 0 aliphatic carbocycles. The molecule has 1 unspecified atom stereocenters. The summed E-state index contributed by atoms with van der Waals surface area (Å²) in [5.74, 6) is 0.621. The van der Waals surface area contributed by atoms with Gasteiger partial charge in [0.05, 0.1) is 12.1 Å². The first-order chi connectivity index (χ1) is 9.13. The lowest BCUT2D eigenvalue weighted by molar-refractivity contribution is 0.0247. The van der Waals surface area contributed by atoms with Crippen LogP contribution in [0.1, 0.15) is 48.9 Å². The van der Waals surface area contributed by atoms with Gasteiger partial charge in [0.1, 0.15) is 5.76 Å². The smallest absolute Gasteiger partial charge is 0.276 e. The van der Waals surface area contributed by atoms with E-state index in [0.717, 1.165) is 32.2 Å². The number of nitrogens with zero attached hydrogens (tertiary/aromatic N) is 2. The molecule has 19 heavy (non-hydrogen) atoms. The maximum absolute atomic E-state index is 12.6. The Morgan fingerprint density at radius 2 is 2.42 bits per heavy atom. The summed E-state index contributed by atoms with van der Waals surface area (Å²) in [4.78, 5) is 14.5. The number of amides is 1. The first kappa shape index (κ1) is 14.1. The summed E-state index contributed by atoms with van der Waals surface area (Å²) in [5.41, 5.74) is 0.226. The lowest BCUT2D eigenvalue weighted by Gasteiger charge is -2.37. The molecule has 1 saturated heterocycles. The van der Waals surface area contributed by atoms with Crippen molar-refractivity contribution in [1.29, 1.82) is 0 Å². The quantitative estimate of drug-likeness (QED) is 0.821. The van der Waals surface area contributed by atoms with Crippen molar-refractivity contribution in [2.45, 2.75) is 45.1 Å². The number of carbonyl (C=O) groups is 1. The van der Waals surface area contributed by atoms with Crippen LogP contribution in [-0.4, -0.2) is 41.8 Å². The second-order valence-electron chi connectivity index (χ2n) is 5.29. The monoisotopic (exact) mass is 266 g/mol. The van der Waals surface area contributed by atoms with Gasteiger partial charge in [-0.25, -0.2) is 0 Å². The highest BCUT2D eigenvalue weighted by Crippen LogP contribution is 2.35. The Hall–Kier alpha value is -1.36. The van der Waals surface area contributed by atoms with Crippen LogP contribution in [0.25, 0.3) is 0 Å². The molecule has 2 rings (SSSR count). The van der Waals surface area contributed by atoms with Crippen molar-refractivity contribution in [3.63, 3.8) is 0 Å². The Morgan fingerprint density at radius 3 is 3.00 bits per heavy atom. The summed E-state index contributed by atoms with van der Waals surface area (Å²) in [5, 5.41) is 3.84. The van der Waals surface area contributed by atoms with E-state index in [4.69, 9.17) is 9.26 Å². The van der Waals surface area contributed by atoms with Gasteiger partial charge in [0, 0.05) is 19.7 Å². The van der Waals surface area contributed by atoms with Crippen molar-refractivity contribution >= 4 is 5.91 Å². The van der Waals surface area contributed by atoms with Crippen molar-refractivity contribution < 1.29 is 14.1 Å². The molecule has 1 aromatic rings. The molecule has 1 aliphatic heterocycles. The van der Waals surface area contributed by atoms with E-state index in [1.54, 1.807) is 20.1 Å². The fourth-order valence-electron chi connectivity index (χ4n) is 3.08. The minimum Gasteiger partial charge on any atom is -0.382 e. The third-order valence-corrected chi connectivity index (χ3v) is 3.82. The van der Waals surface area contributed by atoms with Crippen LogP contribution < -0.4 is 0 Å². The Balaban J connectivity index is 2.23. The number of hydrogen-bond donors (Lipinski definition) is 0. The van der Waals surface area contributed by atoms with Gasteiger partial charge in [-0.1, -0.05) is 18.5 Å². The van der Waals surface area contributed by atoms with Crippen molar-refractivity contribution in [1.82, 2.24) is 10.1 Å². The van der Waals surface area contributed by atoms with E-state index in [9.17, 15) is 4.79 Å². The molecule has 5 nitrogen and oxygen atoms in total. The van der Waals surface area contributed by atoms with Crippen LogP contribution in [0.3, 0.4) is 0 Å². The minimum absolute atomic E-state index is 0.0418. The highest BCUT2D eigenvalue weighted by Gasteiger charge is 2.43. The Labute approximate surface area is 113 Å². The van der Waals surface area contributed by atoms with Gasteiger partial charge in [-0.3, -0.25) is 4.79 Å². The van der Waals surface area contributed by atoms with Crippen LogP contribution in [0.5, 0.6) is 0 Å². The topological polar surface area (TPSA) is 55.6 Å². The van der Waals surface area contributed by atoms with Gasteiger partial charge in [0.15, 0.2) is 5.69 Å². The maximum atomic E-state index is 12.6. The molecule has 1 atom stereocenters. The summed E-state index contributed by atoms with van der Waals surface area (Å²) < 4.78 is 10.4. The van der Waals surface area contributed by atoms with Crippen molar-refractivity contribution in [2.24, 2.45) is 0 Å². The van der Waals surface area contributed by atoms with Gasteiger partial charge < -0.3 is 14.2 Å². The fourth-order valence-corrected chi connectivity index (χ4v) is 3.08. The van der Waals surface area contributed by atoms with Crippen LogP contribution in [0.2, 0.25) is 0 Å². The van der Waals surface area contributed by atoms with Crippen LogP contribution in [0, 0.1) is 6.92 Å². The third-order valence-electron chi connectivity index (χ3n) is 3.82. The number of hydrogen-bond acceptors (Lipinski definition) is 4. The van der Waals surface area contributed by atoms with Gasteiger partial charge in [-0.2, -0.15) is 0 Å². The lowest BCUT2D eigenvalue weighted by atomic mass is 9.91. The molecule has 1 aromatic heterocycles. The van der Waals surface area contributed by atoms with E-state index in [1.807, 2.05) is 4.90 Å². The second-order valence-corrected chi connectivity index (χ2v) is 5.29. The molecule has 106 valence electrons. The highest BCUT2D eigenvalue weighted by molar-refractivity contribution is 5.93. The number of aryl methyl sites for hydroxylation is 1. The Bertz CT molecular complexity index is 436. The lowest BCUT2D eigenvalue weighted by Crippen LogP contribution is -2.50. The van der Waals surface area contributed by atoms with Crippen molar-refractivity contribution in [3.8, 4) is 0 Å². The molecular formula is C14H22N2O3. The van der Waals surface area contributed by atoms with Gasteiger partial charge in [0.25, 0.3) is 5.91 Å². The average molecular weight is 266 g/mol. The Kier molecular flexibility index (Phi) is 4.24. The van der Waals surface area contributed by atoms with Gasteiger partial charge in [-0.05, 0) is 26.2 Å². The molecule has 1 amide bonds. The van der Waals surface area contributed by atoms with E-state index in [1.165, 1.54) is 0 Å². The molecule has 0 bridgehead atoms. The molecule has 0 radical (unpaired) electrons. The predicted molar refractivity (Wildman–Crippen MR) is 71.0 cm³/mol. The van der Waals surface area contributed by atoms with Gasteiger partial charge >= 0.3 is 0 Å². The summed E-state index contributed by atoms with van der Waals surface area (Å²) in [7, 11) is 1.69. The number of rotatable bonds is 5. The number of likely N-dealkylation sites (tertiary alicyclic amines) is 1. The third kappa shape index (κ3) is 2.66. The first-order valence-electron chi connectivity index (χ1n) is 6.87. The molecule has 0 N–H and O–H groups in total. The second kappa shape index (κ2) is 5.74. The maximum Gasteiger partial charge on any atom is 0.276 e. The average Bonchev–Trinajstić information content (AvgIpc) is 2.97. The van der Waals surface area contributed by atoms with E-state index in [-0.39, 0.29) is 11.4 Å². The van der Waals surface area contributed by atoms with E-state index in [2.05, 4.69) is 12.1 Å². The van der Waals surface area contributed by atoms with Crippen LogP contribution in [0.15, 0.2) is 10.6 Å². The predicted octanol–water partition coefficient (Wildman–Crippen LogP) is 2.40. The molecule has 1 fully saturated rings. The zero-order valence-electron chi connectivity index (χ0n) is 11.9. The largest absolute Gasteiger partial charge is 0.382 e. The number of carbonyl (C=O) groups excluding carboxylic acids is 1. The summed E-state index contributed by atoms with van der Waals surface area (Å²) >= 11 is 0. The SMILES string of the molecule is CCCC1(COC)CCCN1C(=O)c1cc(C)on1. The van der Waals surface area contributed by atoms with Crippen LogP contribution >= 0.6 is 0 Å². The highest BCUT2D eigenvalue weighted by atomic mass is 16.5. The van der Waals surface area contributed by atoms with E-state index >= 15 is 0 Å². The zero-order valence-corrected chi connectivity index (χ0v) is 11.9. The summed E-state index contributed by atoms with van der Waals surface area (Å²) in [6, 6.07) is 1.70. The number of aromatic nitrogens is 1. The van der Waals surface area contributed by atoms with E-state index < -0.39 is 0 Å². The zero-order chi connectivity index (χ0) is 13.9. The van der Waals surface area contributed by atoms with Crippen LogP contribution in [0.4, 0.5) is 0 Å². The summed E-state index contributed by atoms with van der Waals surface area (Å²) in [6.45, 7) is 5.29. The molecule has 0 saturated carbocycles. The standard InChI is InChI=1S/C14H22N2O3/c1-4-6-14(10-18-3)7-5-8-16(14)13(17)12-9-11(2)19-15-12/h9H,4-8,10H2,1-3H3. The molecule has 5 heteroatoms. The summed E-state index contributed by atoms with van der Waals surface area (Å²) in [6.07, 6.45) is 4.01. The molecule has 0 spiro atoms. The van der Waals surface area contributed by atoms with Gasteiger partial charge in [-0.15, -0.1) is 0 Å². The number of methoxy groups -OCH3 is 1. The van der Waals surface area contributed by atoms with Crippen molar-refractivity contribution in [3.05, 3.63) is 17.5 Å². The van der Waals surface area contributed by atoms with E-state index in [0.29, 0.717) is 18.1 Å². The normalized spacial score (nSPS) is 23.0. The number of ether oxygens (including phenoxy) is 1. The van der Waals surface area contributed by atoms with Crippen molar-refractivity contribution in [2.75, 3.05) is 20.3 Å². The molecule has 2 heterocycles.